The summed E-state index contributed by atoms with van der Waals surface area (Å²) in [6, 6.07) is 10.5. The maximum atomic E-state index is 12.2. The Morgan fingerprint density at radius 2 is 1.67 bits per heavy atom. The maximum absolute atomic E-state index is 12.2. The van der Waals surface area contributed by atoms with Crippen LogP contribution in [0.15, 0.2) is 60.9 Å². The van der Waals surface area contributed by atoms with Gasteiger partial charge in [0.25, 0.3) is 5.91 Å². The van der Waals surface area contributed by atoms with Crippen LogP contribution in [0, 0.1) is 0 Å². The Balaban J connectivity index is 0.00000218. The van der Waals surface area contributed by atoms with Gasteiger partial charge in [-0.1, -0.05) is 46.8 Å². The number of pyridine rings is 1. The molecule has 0 saturated carbocycles. The molecule has 0 bridgehead atoms. The van der Waals surface area contributed by atoms with E-state index < -0.39 is 7.12 Å². The summed E-state index contributed by atoms with van der Waals surface area (Å²) in [7, 11) is -1.53. The molecule has 0 saturated heterocycles. The number of amides is 2. The van der Waals surface area contributed by atoms with E-state index >= 15 is 0 Å². The zero-order chi connectivity index (χ0) is 22.5. The van der Waals surface area contributed by atoms with E-state index in [4.69, 9.17) is 0 Å². The van der Waals surface area contributed by atoms with Crippen molar-refractivity contribution in [1.29, 1.82) is 0 Å². The van der Waals surface area contributed by atoms with Crippen LogP contribution < -0.4 is 20.7 Å². The Hall–Kier alpha value is -2.49. The summed E-state index contributed by atoms with van der Waals surface area (Å²) in [5.74, 6) is 1.44. The van der Waals surface area contributed by atoms with Crippen molar-refractivity contribution < 1.29 is 24.2 Å². The van der Waals surface area contributed by atoms with Gasteiger partial charge in [-0.25, -0.2) is 4.57 Å². The average Bonchev–Trinajstić information content (AvgIpc) is 2.75. The fourth-order valence-electron chi connectivity index (χ4n) is 2.59. The highest BCUT2D eigenvalue weighted by molar-refractivity contribution is 9.08. The molecule has 0 aliphatic heterocycles. The van der Waals surface area contributed by atoms with Crippen LogP contribution in [0.5, 0.6) is 0 Å². The van der Waals surface area contributed by atoms with Crippen molar-refractivity contribution in [1.82, 2.24) is 10.6 Å². The summed E-state index contributed by atoms with van der Waals surface area (Å²) in [4.78, 5) is 23.5. The molecule has 0 unspecified atom stereocenters. The fraction of sp³-hybridized carbons (Fsp3) is 0.286. The molecule has 1 heterocycles. The third kappa shape index (κ3) is 8.48. The Morgan fingerprint density at radius 1 is 1.07 bits per heavy atom. The summed E-state index contributed by atoms with van der Waals surface area (Å²) in [6.07, 6.45) is 4.16. The Bertz CT molecular complexity index is 844. The molecule has 0 spiro atoms. The van der Waals surface area contributed by atoms with E-state index in [2.05, 4.69) is 33.1 Å². The molecule has 1 aromatic carbocycles. The lowest BCUT2D eigenvalue weighted by Crippen LogP contribution is -2.40. The van der Waals surface area contributed by atoms with E-state index in [1.54, 1.807) is 43.6 Å². The second kappa shape index (κ2) is 13.7. The Labute approximate surface area is 186 Å². The van der Waals surface area contributed by atoms with Crippen molar-refractivity contribution in [2.75, 3.05) is 18.9 Å². The van der Waals surface area contributed by atoms with Crippen molar-refractivity contribution in [2.45, 2.75) is 19.9 Å². The van der Waals surface area contributed by atoms with E-state index in [-0.39, 0.29) is 11.8 Å². The predicted octanol–water partition coefficient (Wildman–Crippen LogP) is 0.526. The highest BCUT2D eigenvalue weighted by Crippen LogP contribution is 1.99. The zero-order valence-corrected chi connectivity index (χ0v) is 18.9. The third-order valence-electron chi connectivity index (χ3n) is 4.15. The Morgan fingerprint density at radius 3 is 2.27 bits per heavy atom. The summed E-state index contributed by atoms with van der Waals surface area (Å²) in [5.41, 5.74) is 2.22. The predicted molar refractivity (Wildman–Crippen MR) is 122 cm³/mol. The first kappa shape index (κ1) is 25.6. The van der Waals surface area contributed by atoms with E-state index in [0.29, 0.717) is 42.7 Å². The first-order chi connectivity index (χ1) is 14.4. The van der Waals surface area contributed by atoms with Gasteiger partial charge in [0.15, 0.2) is 18.9 Å². The van der Waals surface area contributed by atoms with Crippen molar-refractivity contribution in [2.24, 2.45) is 0 Å². The highest BCUT2D eigenvalue weighted by Gasteiger charge is 2.17. The molecule has 0 fully saturated rings. The molecule has 0 aliphatic carbocycles. The molecule has 30 heavy (non-hydrogen) atoms. The van der Waals surface area contributed by atoms with Crippen LogP contribution in [-0.2, 0) is 11.3 Å². The monoisotopic (exact) mass is 476 g/mol. The van der Waals surface area contributed by atoms with Crippen molar-refractivity contribution in [3.63, 3.8) is 0 Å². The summed E-state index contributed by atoms with van der Waals surface area (Å²) >= 11 is 2.94. The lowest BCUT2D eigenvalue weighted by molar-refractivity contribution is -0.688. The van der Waals surface area contributed by atoms with Gasteiger partial charge in [0.05, 0.1) is 5.56 Å². The first-order valence-corrected chi connectivity index (χ1v) is 11.0. The standard InChI is InChI=1S/C20H24BN3O4.CH3Br/c1-15(2)19(25)22-10-5-11-23-20(26)16-8-12-24(13-9-16)14-17-6-3-4-7-18(17)21(27)28;1-2/h3-4,6-9,12-13,27-28H,1,5,10-11,14H2,2H3,(H-,22,23,25,26);1H3/p+1. The van der Waals surface area contributed by atoms with Crippen molar-refractivity contribution in [3.05, 3.63) is 72.1 Å². The minimum Gasteiger partial charge on any atom is -0.423 e. The van der Waals surface area contributed by atoms with Crippen LogP contribution in [0.4, 0.5) is 0 Å². The number of rotatable bonds is 9. The number of benzene rings is 1. The molecule has 0 atom stereocenters. The number of halogens is 1. The van der Waals surface area contributed by atoms with Crippen LogP contribution in [0.3, 0.4) is 0 Å². The van der Waals surface area contributed by atoms with E-state index in [1.165, 1.54) is 0 Å². The summed E-state index contributed by atoms with van der Waals surface area (Å²) in [6.45, 7) is 6.58. The molecule has 0 aliphatic rings. The number of alkyl halides is 1. The Kier molecular flexibility index (Phi) is 11.7. The summed E-state index contributed by atoms with van der Waals surface area (Å²) in [5, 5.41) is 24.4. The normalized spacial score (nSPS) is 9.77. The highest BCUT2D eigenvalue weighted by atomic mass is 79.9. The molecule has 2 aromatic rings. The molecule has 160 valence electrons. The van der Waals surface area contributed by atoms with Crippen molar-refractivity contribution >= 4 is 40.3 Å². The minimum absolute atomic E-state index is 0.186. The van der Waals surface area contributed by atoms with Crippen LogP contribution in [0.25, 0.3) is 0 Å². The topological polar surface area (TPSA) is 103 Å². The number of nitrogens with one attached hydrogen (secondary N) is 2. The van der Waals surface area contributed by atoms with Gasteiger partial charge in [-0.3, -0.25) is 9.59 Å². The van der Waals surface area contributed by atoms with Crippen LogP contribution in [0.2, 0.25) is 0 Å². The van der Waals surface area contributed by atoms with Gasteiger partial charge < -0.3 is 20.7 Å². The van der Waals surface area contributed by atoms with E-state index in [0.717, 1.165) is 5.56 Å². The van der Waals surface area contributed by atoms with Crippen LogP contribution in [-0.4, -0.2) is 47.9 Å². The number of hydrogen-bond donors (Lipinski definition) is 4. The molecule has 4 N–H and O–H groups in total. The molecule has 2 amide bonds. The SMILES string of the molecule is C=C(C)C(=O)NCCCNC(=O)c1cc[n+](Cc2ccccc2B(O)O)cc1.CBr. The molecule has 9 heteroatoms. The summed E-state index contributed by atoms with van der Waals surface area (Å²) < 4.78 is 1.85. The average molecular weight is 477 g/mol. The fourth-order valence-corrected chi connectivity index (χ4v) is 2.59. The molecule has 0 radical (unpaired) electrons. The number of aromatic nitrogens is 1. The second-order valence-corrected chi connectivity index (χ2v) is 6.48. The van der Waals surface area contributed by atoms with Gasteiger partial charge in [-0.05, 0) is 24.6 Å². The number of carbonyl (C=O) groups is 2. The molecule has 1 aromatic heterocycles. The van der Waals surface area contributed by atoms with Gasteiger partial charge >= 0.3 is 7.12 Å². The number of nitrogens with zero attached hydrogens (tertiary/aromatic N) is 1. The third-order valence-corrected chi connectivity index (χ3v) is 4.15. The molecule has 2 rings (SSSR count). The van der Waals surface area contributed by atoms with E-state index in [9.17, 15) is 19.6 Å². The van der Waals surface area contributed by atoms with Gasteiger partial charge in [0, 0.05) is 36.4 Å². The molecular formula is C21H28BBrN3O4+. The van der Waals surface area contributed by atoms with Crippen LogP contribution >= 0.6 is 15.9 Å². The lowest BCUT2D eigenvalue weighted by Gasteiger charge is -2.07. The first-order valence-electron chi connectivity index (χ1n) is 9.41. The molecule has 7 nitrogen and oxygen atoms in total. The second-order valence-electron chi connectivity index (χ2n) is 6.48. The van der Waals surface area contributed by atoms with Gasteiger partial charge in [0.2, 0.25) is 5.91 Å². The van der Waals surface area contributed by atoms with Gasteiger partial charge in [-0.15, -0.1) is 0 Å². The largest absolute Gasteiger partial charge is 0.488 e. The number of hydrogen-bond acceptors (Lipinski definition) is 4. The van der Waals surface area contributed by atoms with Crippen molar-refractivity contribution in [3.8, 4) is 0 Å². The zero-order valence-electron chi connectivity index (χ0n) is 17.3. The lowest BCUT2D eigenvalue weighted by atomic mass is 9.77. The quantitative estimate of drug-likeness (QED) is 0.139. The molecular weight excluding hydrogens is 449 g/mol. The number of carbonyl (C=O) groups excluding carboxylic acids is 2. The minimum atomic E-state index is -1.53. The smallest absolute Gasteiger partial charge is 0.423 e. The van der Waals surface area contributed by atoms with Gasteiger partial charge in [0.1, 0.15) is 0 Å². The van der Waals surface area contributed by atoms with E-state index in [1.807, 2.05) is 22.5 Å². The van der Waals surface area contributed by atoms with Gasteiger partial charge in [-0.2, -0.15) is 0 Å². The maximum Gasteiger partial charge on any atom is 0.488 e. The van der Waals surface area contributed by atoms with Crippen LogP contribution in [0.1, 0.15) is 29.3 Å².